The average molecular weight is 440 g/mol. The smallest absolute Gasteiger partial charge is 0.257 e. The zero-order chi connectivity index (χ0) is 20.7. The van der Waals surface area contributed by atoms with Crippen LogP contribution in [0.25, 0.3) is 11.3 Å². The number of nitrogens with zero attached hydrogens (tertiary/aromatic N) is 2. The minimum atomic E-state index is -0.289. The van der Waals surface area contributed by atoms with E-state index in [1.165, 1.54) is 16.9 Å². The summed E-state index contributed by atoms with van der Waals surface area (Å²) in [7, 11) is 0. The molecule has 1 N–H and O–H groups in total. The highest BCUT2D eigenvalue weighted by Crippen LogP contribution is 2.33. The van der Waals surface area contributed by atoms with Crippen molar-refractivity contribution in [3.05, 3.63) is 57.9 Å². The largest absolute Gasteiger partial charge is 0.493 e. The normalized spacial score (nSPS) is 15.2. The van der Waals surface area contributed by atoms with Gasteiger partial charge in [0.1, 0.15) is 5.75 Å². The average Bonchev–Trinajstić information content (AvgIpc) is 3.48. The summed E-state index contributed by atoms with van der Waals surface area (Å²) in [5.41, 5.74) is 3.99. The summed E-state index contributed by atoms with van der Waals surface area (Å²) in [6, 6.07) is 11.0. The Kier molecular flexibility index (Phi) is 4.92. The van der Waals surface area contributed by atoms with Gasteiger partial charge in [-0.2, -0.15) is 0 Å². The first-order chi connectivity index (χ1) is 14.6. The molecule has 0 bridgehead atoms. The highest BCUT2D eigenvalue weighted by molar-refractivity contribution is 7.14. The number of halogens is 1. The Labute approximate surface area is 182 Å². The molecule has 152 valence electrons. The van der Waals surface area contributed by atoms with E-state index in [0.29, 0.717) is 41.0 Å². The van der Waals surface area contributed by atoms with E-state index in [1.54, 1.807) is 23.1 Å². The van der Waals surface area contributed by atoms with Crippen LogP contribution in [-0.4, -0.2) is 29.9 Å². The van der Waals surface area contributed by atoms with Crippen molar-refractivity contribution in [1.82, 2.24) is 4.98 Å². The number of rotatable bonds is 4. The molecule has 0 aliphatic carbocycles. The molecule has 2 aromatic carbocycles. The number of hydrogen-bond donors (Lipinski definition) is 1. The number of aromatic nitrogens is 1. The second kappa shape index (κ2) is 7.74. The maximum Gasteiger partial charge on any atom is 0.257 e. The summed E-state index contributed by atoms with van der Waals surface area (Å²) in [4.78, 5) is 31.0. The van der Waals surface area contributed by atoms with Gasteiger partial charge >= 0.3 is 0 Å². The van der Waals surface area contributed by atoms with E-state index >= 15 is 0 Å². The first-order valence-corrected chi connectivity index (χ1v) is 11.0. The molecule has 1 aromatic heterocycles. The SMILES string of the molecule is O=C(Nc1nc(-c2ccc3c(c2)CCO3)cs1)c1ccc(Cl)c(N2CCCC2=O)c1. The van der Waals surface area contributed by atoms with Crippen molar-refractivity contribution < 1.29 is 14.3 Å². The zero-order valence-corrected chi connectivity index (χ0v) is 17.6. The molecule has 0 radical (unpaired) electrons. The van der Waals surface area contributed by atoms with E-state index in [0.717, 1.165) is 29.8 Å². The summed E-state index contributed by atoms with van der Waals surface area (Å²) in [5, 5.41) is 5.74. The fourth-order valence-corrected chi connectivity index (χ4v) is 4.68. The summed E-state index contributed by atoms with van der Waals surface area (Å²) in [6.07, 6.45) is 2.20. The number of nitrogens with one attached hydrogen (secondary N) is 1. The third-order valence-electron chi connectivity index (χ3n) is 5.28. The molecule has 30 heavy (non-hydrogen) atoms. The zero-order valence-electron chi connectivity index (χ0n) is 16.0. The molecule has 3 aromatic rings. The third-order valence-corrected chi connectivity index (χ3v) is 6.36. The van der Waals surface area contributed by atoms with Crippen LogP contribution in [0.2, 0.25) is 5.02 Å². The van der Waals surface area contributed by atoms with Gasteiger partial charge in [-0.25, -0.2) is 4.98 Å². The number of hydrogen-bond acceptors (Lipinski definition) is 5. The predicted octanol–water partition coefficient (Wildman–Crippen LogP) is 4.78. The van der Waals surface area contributed by atoms with Crippen molar-refractivity contribution in [2.24, 2.45) is 0 Å². The maximum atomic E-state index is 12.8. The minimum Gasteiger partial charge on any atom is -0.493 e. The lowest BCUT2D eigenvalue weighted by Crippen LogP contribution is -2.24. The topological polar surface area (TPSA) is 71.5 Å². The molecule has 0 spiro atoms. The molecular weight excluding hydrogens is 422 g/mol. The maximum absolute atomic E-state index is 12.8. The summed E-state index contributed by atoms with van der Waals surface area (Å²) in [6.45, 7) is 1.33. The highest BCUT2D eigenvalue weighted by atomic mass is 35.5. The Bertz CT molecular complexity index is 1160. The molecular formula is C22H18ClN3O3S. The number of carbonyl (C=O) groups is 2. The van der Waals surface area contributed by atoms with Crippen LogP contribution < -0.4 is 15.0 Å². The molecule has 5 rings (SSSR count). The van der Waals surface area contributed by atoms with Crippen molar-refractivity contribution >= 4 is 45.6 Å². The third kappa shape index (κ3) is 3.55. The molecule has 2 aliphatic heterocycles. The van der Waals surface area contributed by atoms with Gasteiger partial charge in [0.05, 0.1) is 23.0 Å². The van der Waals surface area contributed by atoms with Crippen LogP contribution in [0.1, 0.15) is 28.8 Å². The van der Waals surface area contributed by atoms with Gasteiger partial charge in [-0.05, 0) is 48.4 Å². The fraction of sp³-hybridized carbons (Fsp3) is 0.227. The molecule has 2 aliphatic rings. The van der Waals surface area contributed by atoms with Crippen molar-refractivity contribution in [2.45, 2.75) is 19.3 Å². The van der Waals surface area contributed by atoms with Crippen LogP contribution >= 0.6 is 22.9 Å². The van der Waals surface area contributed by atoms with Crippen LogP contribution in [0.3, 0.4) is 0 Å². The summed E-state index contributed by atoms with van der Waals surface area (Å²) < 4.78 is 5.55. The molecule has 8 heteroatoms. The van der Waals surface area contributed by atoms with E-state index in [1.807, 2.05) is 17.5 Å². The standard InChI is InChI=1S/C22H18ClN3O3S/c23-16-5-3-15(11-18(16)26-8-1-2-20(26)27)21(28)25-22-24-17(12-30-22)13-4-6-19-14(10-13)7-9-29-19/h3-6,10-12H,1-2,7-9H2,(H,24,25,28). The van der Waals surface area contributed by atoms with Gasteiger partial charge in [-0.15, -0.1) is 11.3 Å². The molecule has 6 nitrogen and oxygen atoms in total. The van der Waals surface area contributed by atoms with Gasteiger partial charge in [0.15, 0.2) is 5.13 Å². The van der Waals surface area contributed by atoms with E-state index in [2.05, 4.69) is 16.4 Å². The number of benzene rings is 2. The first kappa shape index (κ1) is 19.1. The Morgan fingerprint density at radius 3 is 2.93 bits per heavy atom. The number of fused-ring (bicyclic) bond motifs is 1. The summed E-state index contributed by atoms with van der Waals surface area (Å²) in [5.74, 6) is 0.666. The fourth-order valence-electron chi connectivity index (χ4n) is 3.74. The quantitative estimate of drug-likeness (QED) is 0.635. The van der Waals surface area contributed by atoms with E-state index in [9.17, 15) is 9.59 Å². The number of ether oxygens (including phenoxy) is 1. The molecule has 0 atom stereocenters. The minimum absolute atomic E-state index is 0.0266. The van der Waals surface area contributed by atoms with E-state index in [-0.39, 0.29) is 11.8 Å². The molecule has 1 fully saturated rings. The van der Waals surface area contributed by atoms with Gasteiger partial charge in [-0.1, -0.05) is 11.6 Å². The van der Waals surface area contributed by atoms with E-state index in [4.69, 9.17) is 16.3 Å². The molecule has 3 heterocycles. The van der Waals surface area contributed by atoms with E-state index < -0.39 is 0 Å². The van der Waals surface area contributed by atoms with Crippen LogP contribution in [0, 0.1) is 0 Å². The Morgan fingerprint density at radius 2 is 2.10 bits per heavy atom. The van der Waals surface area contributed by atoms with Crippen molar-refractivity contribution in [3.63, 3.8) is 0 Å². The predicted molar refractivity (Wildman–Crippen MR) is 118 cm³/mol. The number of anilines is 2. The lowest BCUT2D eigenvalue weighted by Gasteiger charge is -2.18. The number of thiazole rings is 1. The highest BCUT2D eigenvalue weighted by Gasteiger charge is 2.24. The Hall–Kier alpha value is -2.90. The Morgan fingerprint density at radius 1 is 1.20 bits per heavy atom. The second-order valence-corrected chi connectivity index (χ2v) is 8.49. The van der Waals surface area contributed by atoms with Crippen molar-refractivity contribution in [3.8, 4) is 17.0 Å². The van der Waals surface area contributed by atoms with Crippen LogP contribution in [0.4, 0.5) is 10.8 Å². The van der Waals surface area contributed by atoms with Gasteiger partial charge in [0, 0.05) is 35.9 Å². The summed E-state index contributed by atoms with van der Waals surface area (Å²) >= 11 is 7.64. The second-order valence-electron chi connectivity index (χ2n) is 7.23. The van der Waals surface area contributed by atoms with Gasteiger partial charge < -0.3 is 9.64 Å². The van der Waals surface area contributed by atoms with Crippen molar-refractivity contribution in [1.29, 1.82) is 0 Å². The Balaban J connectivity index is 1.34. The van der Waals surface area contributed by atoms with Crippen molar-refractivity contribution in [2.75, 3.05) is 23.4 Å². The lowest BCUT2D eigenvalue weighted by atomic mass is 10.1. The van der Waals surface area contributed by atoms with Crippen LogP contribution in [0.15, 0.2) is 41.8 Å². The van der Waals surface area contributed by atoms with Crippen LogP contribution in [0.5, 0.6) is 5.75 Å². The number of carbonyl (C=O) groups excluding carboxylic acids is 2. The van der Waals surface area contributed by atoms with Gasteiger partial charge in [0.25, 0.3) is 5.91 Å². The number of amides is 2. The molecule has 2 amide bonds. The van der Waals surface area contributed by atoms with Crippen LogP contribution in [-0.2, 0) is 11.2 Å². The molecule has 1 saturated heterocycles. The van der Waals surface area contributed by atoms with Gasteiger partial charge in [0.2, 0.25) is 5.91 Å². The lowest BCUT2D eigenvalue weighted by molar-refractivity contribution is -0.117. The first-order valence-electron chi connectivity index (χ1n) is 9.71. The molecule has 0 saturated carbocycles. The molecule has 0 unspecified atom stereocenters. The van der Waals surface area contributed by atoms with Gasteiger partial charge in [-0.3, -0.25) is 14.9 Å². The monoisotopic (exact) mass is 439 g/mol.